The molecular weight excluding hydrogens is 254 g/mol. The highest BCUT2D eigenvalue weighted by atomic mass is 16.5. The molecule has 1 aromatic rings. The van der Waals surface area contributed by atoms with Gasteiger partial charge in [-0.3, -0.25) is 0 Å². The van der Waals surface area contributed by atoms with E-state index in [2.05, 4.69) is 26.1 Å². The van der Waals surface area contributed by atoms with Crippen LogP contribution in [0.1, 0.15) is 39.4 Å². The SMILES string of the molecule is CCOC1CC(NCCCOCc2ccco2)C1(C)C. The molecule has 1 saturated carbocycles. The minimum absolute atomic E-state index is 0.241. The summed E-state index contributed by atoms with van der Waals surface area (Å²) in [5.41, 5.74) is 0.241. The maximum Gasteiger partial charge on any atom is 0.129 e. The standard InChI is InChI=1S/C16H27NO3/c1-4-19-15-11-14(16(15,2)3)17-8-6-9-18-12-13-7-5-10-20-13/h5,7,10,14-15,17H,4,6,8-9,11-12H2,1-3H3. The second kappa shape index (κ2) is 7.25. The first kappa shape index (κ1) is 15.5. The summed E-state index contributed by atoms with van der Waals surface area (Å²) in [6.07, 6.45) is 4.22. The normalized spacial score (nSPS) is 24.6. The molecule has 1 fully saturated rings. The van der Waals surface area contributed by atoms with Crippen molar-refractivity contribution in [3.63, 3.8) is 0 Å². The number of furan rings is 1. The number of nitrogens with one attached hydrogen (secondary N) is 1. The molecule has 1 N–H and O–H groups in total. The van der Waals surface area contributed by atoms with Crippen molar-refractivity contribution in [2.45, 2.75) is 52.4 Å². The Morgan fingerprint density at radius 2 is 2.30 bits per heavy atom. The van der Waals surface area contributed by atoms with E-state index in [1.807, 2.05) is 12.1 Å². The Balaban J connectivity index is 1.51. The molecule has 1 aliphatic rings. The summed E-state index contributed by atoms with van der Waals surface area (Å²) in [6, 6.07) is 4.38. The molecule has 1 heterocycles. The second-order valence-electron chi connectivity index (χ2n) is 5.99. The van der Waals surface area contributed by atoms with Crippen molar-refractivity contribution in [2.75, 3.05) is 19.8 Å². The van der Waals surface area contributed by atoms with Crippen LogP contribution >= 0.6 is 0 Å². The van der Waals surface area contributed by atoms with E-state index in [1.165, 1.54) is 0 Å². The van der Waals surface area contributed by atoms with E-state index in [0.29, 0.717) is 18.8 Å². The van der Waals surface area contributed by atoms with Crippen LogP contribution in [-0.2, 0) is 16.1 Å². The molecule has 0 aliphatic heterocycles. The topological polar surface area (TPSA) is 43.6 Å². The van der Waals surface area contributed by atoms with E-state index < -0.39 is 0 Å². The molecule has 1 aliphatic carbocycles. The molecule has 4 nitrogen and oxygen atoms in total. The monoisotopic (exact) mass is 281 g/mol. The van der Waals surface area contributed by atoms with E-state index in [1.54, 1.807) is 6.26 Å². The van der Waals surface area contributed by atoms with Gasteiger partial charge in [0.15, 0.2) is 0 Å². The first-order valence-corrected chi connectivity index (χ1v) is 7.59. The van der Waals surface area contributed by atoms with Gasteiger partial charge < -0.3 is 19.2 Å². The van der Waals surface area contributed by atoms with Crippen LogP contribution in [0.4, 0.5) is 0 Å². The van der Waals surface area contributed by atoms with Crippen molar-refractivity contribution in [2.24, 2.45) is 5.41 Å². The van der Waals surface area contributed by atoms with E-state index in [4.69, 9.17) is 13.9 Å². The predicted molar refractivity (Wildman–Crippen MR) is 78.6 cm³/mol. The van der Waals surface area contributed by atoms with Gasteiger partial charge in [0.2, 0.25) is 0 Å². The van der Waals surface area contributed by atoms with Gasteiger partial charge in [-0.2, -0.15) is 0 Å². The number of rotatable bonds is 9. The van der Waals surface area contributed by atoms with Crippen molar-refractivity contribution in [3.8, 4) is 0 Å². The van der Waals surface area contributed by atoms with Gasteiger partial charge >= 0.3 is 0 Å². The lowest BCUT2D eigenvalue weighted by molar-refractivity contribution is -0.114. The summed E-state index contributed by atoms with van der Waals surface area (Å²) in [7, 11) is 0. The zero-order valence-electron chi connectivity index (χ0n) is 12.9. The lowest BCUT2D eigenvalue weighted by Crippen LogP contribution is -2.61. The molecule has 2 unspecified atom stereocenters. The lowest BCUT2D eigenvalue weighted by atomic mass is 9.64. The van der Waals surface area contributed by atoms with Gasteiger partial charge in [0.25, 0.3) is 0 Å². The molecule has 0 aromatic carbocycles. The predicted octanol–water partition coefficient (Wildman–Crippen LogP) is 2.98. The number of hydrogen-bond acceptors (Lipinski definition) is 4. The molecule has 114 valence electrons. The maximum absolute atomic E-state index is 5.73. The van der Waals surface area contributed by atoms with Crippen molar-refractivity contribution in [3.05, 3.63) is 24.2 Å². The van der Waals surface area contributed by atoms with Gasteiger partial charge in [-0.25, -0.2) is 0 Å². The molecule has 2 atom stereocenters. The summed E-state index contributed by atoms with van der Waals surface area (Å²) >= 11 is 0. The van der Waals surface area contributed by atoms with Crippen molar-refractivity contribution in [1.82, 2.24) is 5.32 Å². The maximum atomic E-state index is 5.73. The van der Waals surface area contributed by atoms with Gasteiger partial charge in [0, 0.05) is 24.7 Å². The largest absolute Gasteiger partial charge is 0.467 e. The van der Waals surface area contributed by atoms with Crippen LogP contribution in [0.2, 0.25) is 0 Å². The average Bonchev–Trinajstić information content (AvgIpc) is 2.93. The smallest absolute Gasteiger partial charge is 0.129 e. The van der Waals surface area contributed by atoms with E-state index in [0.717, 1.165) is 38.4 Å². The molecule has 0 amide bonds. The van der Waals surface area contributed by atoms with Crippen molar-refractivity contribution >= 4 is 0 Å². The van der Waals surface area contributed by atoms with Crippen molar-refractivity contribution < 1.29 is 13.9 Å². The first-order chi connectivity index (χ1) is 9.64. The fourth-order valence-electron chi connectivity index (χ4n) is 2.73. The van der Waals surface area contributed by atoms with Crippen LogP contribution < -0.4 is 5.32 Å². The molecule has 20 heavy (non-hydrogen) atoms. The Morgan fingerprint density at radius 3 is 2.95 bits per heavy atom. The third-order valence-electron chi connectivity index (χ3n) is 4.23. The summed E-state index contributed by atoms with van der Waals surface area (Å²) in [4.78, 5) is 0. The van der Waals surface area contributed by atoms with E-state index in [-0.39, 0.29) is 5.41 Å². The summed E-state index contributed by atoms with van der Waals surface area (Å²) in [5, 5.41) is 3.61. The Hall–Kier alpha value is -0.840. The molecule has 0 bridgehead atoms. The van der Waals surface area contributed by atoms with Crippen LogP contribution in [0.25, 0.3) is 0 Å². The minimum atomic E-state index is 0.241. The summed E-state index contributed by atoms with van der Waals surface area (Å²) in [5.74, 6) is 0.887. The molecule has 0 radical (unpaired) electrons. The average molecular weight is 281 g/mol. The summed E-state index contributed by atoms with van der Waals surface area (Å²) < 4.78 is 16.5. The Bertz CT molecular complexity index is 375. The Morgan fingerprint density at radius 1 is 1.45 bits per heavy atom. The highest BCUT2D eigenvalue weighted by Crippen LogP contribution is 2.42. The number of hydrogen-bond donors (Lipinski definition) is 1. The van der Waals surface area contributed by atoms with E-state index >= 15 is 0 Å². The first-order valence-electron chi connectivity index (χ1n) is 7.59. The third kappa shape index (κ3) is 3.84. The second-order valence-corrected chi connectivity index (χ2v) is 5.99. The number of ether oxygens (including phenoxy) is 2. The van der Waals surface area contributed by atoms with Gasteiger partial charge in [0.05, 0.1) is 12.4 Å². The third-order valence-corrected chi connectivity index (χ3v) is 4.23. The summed E-state index contributed by atoms with van der Waals surface area (Å²) in [6.45, 7) is 9.74. The Kier molecular flexibility index (Phi) is 5.64. The van der Waals surface area contributed by atoms with Gasteiger partial charge in [-0.1, -0.05) is 13.8 Å². The van der Waals surface area contributed by atoms with Crippen LogP contribution in [0.5, 0.6) is 0 Å². The molecule has 0 saturated heterocycles. The zero-order valence-corrected chi connectivity index (χ0v) is 12.9. The fraction of sp³-hybridized carbons (Fsp3) is 0.750. The molecule has 2 rings (SSSR count). The van der Waals surface area contributed by atoms with Gasteiger partial charge in [-0.05, 0) is 38.4 Å². The molecule has 0 spiro atoms. The van der Waals surface area contributed by atoms with Crippen LogP contribution in [0.15, 0.2) is 22.8 Å². The van der Waals surface area contributed by atoms with Crippen LogP contribution in [0, 0.1) is 5.41 Å². The lowest BCUT2D eigenvalue weighted by Gasteiger charge is -2.52. The minimum Gasteiger partial charge on any atom is -0.467 e. The Labute approximate surface area is 121 Å². The van der Waals surface area contributed by atoms with Gasteiger partial charge in [-0.15, -0.1) is 0 Å². The van der Waals surface area contributed by atoms with Crippen molar-refractivity contribution in [1.29, 1.82) is 0 Å². The molecule has 1 aromatic heterocycles. The quantitative estimate of drug-likeness (QED) is 0.707. The molecular formula is C16H27NO3. The fourth-order valence-corrected chi connectivity index (χ4v) is 2.73. The zero-order chi connectivity index (χ0) is 14.4. The van der Waals surface area contributed by atoms with Crippen LogP contribution in [-0.4, -0.2) is 31.9 Å². The highest BCUT2D eigenvalue weighted by molar-refractivity contribution is 5.02. The van der Waals surface area contributed by atoms with Crippen LogP contribution in [0.3, 0.4) is 0 Å². The van der Waals surface area contributed by atoms with Gasteiger partial charge in [0.1, 0.15) is 12.4 Å². The molecule has 4 heteroatoms. The van der Waals surface area contributed by atoms with E-state index in [9.17, 15) is 0 Å². The highest BCUT2D eigenvalue weighted by Gasteiger charge is 2.48.